The second-order valence-corrected chi connectivity index (χ2v) is 8.17. The Morgan fingerprint density at radius 2 is 1.46 bits per heavy atom. The van der Waals surface area contributed by atoms with Crippen molar-refractivity contribution in [3.8, 4) is 0 Å². The molecule has 2 rings (SSSR count). The summed E-state index contributed by atoms with van der Waals surface area (Å²) in [6.45, 7) is 0. The fraction of sp³-hybridized carbons (Fsp3) is 0.417. The molecular weight excluding hydrogens is 363 g/mol. The predicted molar refractivity (Wildman–Crippen MR) is 72.9 cm³/mol. The first kappa shape index (κ1) is 18.8. The molecule has 1 aromatic rings. The number of halogens is 6. The number of fused-ring (bicyclic) bond motifs is 1. The molecule has 0 fully saturated rings. The molecule has 1 aliphatic heterocycles. The van der Waals surface area contributed by atoms with E-state index in [1.807, 2.05) is 0 Å². The molecule has 24 heavy (non-hydrogen) atoms. The Morgan fingerprint density at radius 1 is 1.00 bits per heavy atom. The van der Waals surface area contributed by atoms with Gasteiger partial charge in [0.15, 0.2) is 7.79 Å². The highest BCUT2D eigenvalue weighted by Gasteiger charge is 2.84. The zero-order valence-electron chi connectivity index (χ0n) is 12.3. The van der Waals surface area contributed by atoms with Gasteiger partial charge in [0.05, 0.1) is 11.3 Å². The van der Waals surface area contributed by atoms with Crippen LogP contribution in [0.15, 0.2) is 24.3 Å². The molecule has 0 saturated heterocycles. The highest BCUT2D eigenvalue weighted by Crippen LogP contribution is 2.74. The largest absolute Gasteiger partial charge is 0.641 e. The molecule has 1 unspecified atom stereocenters. The van der Waals surface area contributed by atoms with E-state index in [1.54, 1.807) is 0 Å². The molecule has 134 valence electrons. The maximum Gasteiger partial charge on any atom is 0.455 e. The summed E-state index contributed by atoms with van der Waals surface area (Å²) in [5, 5.41) is -5.11. The Kier molecular flexibility index (Phi) is 4.07. The van der Waals surface area contributed by atoms with Crippen LogP contribution in [0.3, 0.4) is 0 Å². The van der Waals surface area contributed by atoms with E-state index in [2.05, 4.69) is 0 Å². The van der Waals surface area contributed by atoms with Crippen LogP contribution in [0.4, 0.5) is 32.0 Å². The first-order chi connectivity index (χ1) is 10.7. The number of para-hydroxylation sites is 1. The van der Waals surface area contributed by atoms with Crippen molar-refractivity contribution in [2.75, 3.05) is 18.8 Å². The molecule has 0 bridgehead atoms. The summed E-state index contributed by atoms with van der Waals surface area (Å²) in [5.41, 5.74) is 4.21. The Bertz CT molecular complexity index is 665. The average molecular weight is 375 g/mol. The third kappa shape index (κ3) is 2.11. The third-order valence-corrected chi connectivity index (χ3v) is 7.36. The van der Waals surface area contributed by atoms with Crippen molar-refractivity contribution in [1.29, 1.82) is 0 Å². The van der Waals surface area contributed by atoms with E-state index in [0.29, 0.717) is 11.7 Å². The van der Waals surface area contributed by atoms with Gasteiger partial charge in [-0.15, -0.1) is 0 Å². The van der Waals surface area contributed by atoms with E-state index >= 15 is 0 Å². The number of benzene rings is 1. The fourth-order valence-electron chi connectivity index (χ4n) is 2.55. The molecule has 0 spiro atoms. The Hall–Kier alpha value is -1.58. The third-order valence-electron chi connectivity index (χ3n) is 3.91. The minimum absolute atomic E-state index is 0.0592. The van der Waals surface area contributed by atoms with E-state index in [0.717, 1.165) is 13.1 Å². The smallest absolute Gasteiger partial charge is 0.455 e. The number of nitrogens with two attached hydrogens (primary N) is 1. The van der Waals surface area contributed by atoms with Gasteiger partial charge in [-0.1, -0.05) is 12.1 Å². The fourth-order valence-corrected chi connectivity index (χ4v) is 5.38. The summed E-state index contributed by atoms with van der Waals surface area (Å²) < 4.78 is 80.0. The quantitative estimate of drug-likeness (QED) is 0.603. The summed E-state index contributed by atoms with van der Waals surface area (Å²) in [7, 11) is -4.32. The first-order valence-electron chi connectivity index (χ1n) is 6.35. The molecule has 2 N–H and O–H groups in total. The van der Waals surface area contributed by atoms with E-state index in [-0.39, 0.29) is 15.9 Å². The molecule has 5 nitrogen and oxygen atoms in total. The second-order valence-electron chi connectivity index (χ2n) is 5.18. The number of carbonyl (C=O) groups excluding carboxylic acids is 1. The summed E-state index contributed by atoms with van der Waals surface area (Å²) in [6, 6.07) is 4.96. The Labute approximate surface area is 133 Å². The Balaban J connectivity index is 2.82. The summed E-state index contributed by atoms with van der Waals surface area (Å²) in [6.07, 6.45) is -12.2. The van der Waals surface area contributed by atoms with Crippen molar-refractivity contribution in [1.82, 2.24) is 4.67 Å². The maximum absolute atomic E-state index is 13.3. The maximum atomic E-state index is 13.3. The molecule has 1 amide bonds. The number of anilines is 1. The number of amides is 1. The van der Waals surface area contributed by atoms with Gasteiger partial charge in [-0.3, -0.25) is 10.5 Å². The zero-order chi connectivity index (χ0) is 18.7. The highest BCUT2D eigenvalue weighted by atomic mass is 31.2. The van der Waals surface area contributed by atoms with Crippen LogP contribution in [-0.2, 0) is 0 Å². The van der Waals surface area contributed by atoms with Gasteiger partial charge >= 0.3 is 17.6 Å². The van der Waals surface area contributed by atoms with Gasteiger partial charge < -0.3 is 4.89 Å². The Morgan fingerprint density at radius 3 is 1.92 bits per heavy atom. The van der Waals surface area contributed by atoms with Crippen molar-refractivity contribution in [3.63, 3.8) is 0 Å². The lowest BCUT2D eigenvalue weighted by atomic mass is 10.1. The van der Waals surface area contributed by atoms with Crippen LogP contribution in [0.5, 0.6) is 0 Å². The van der Waals surface area contributed by atoms with E-state index in [4.69, 9.17) is 5.73 Å². The van der Waals surface area contributed by atoms with Crippen LogP contribution in [-0.4, -0.2) is 42.3 Å². The van der Waals surface area contributed by atoms with Gasteiger partial charge in [0.1, 0.15) is 0 Å². The summed E-state index contributed by atoms with van der Waals surface area (Å²) in [4.78, 5) is 25.3. The molecule has 0 saturated carbocycles. The zero-order valence-corrected chi connectivity index (χ0v) is 13.2. The number of alkyl halides is 6. The van der Waals surface area contributed by atoms with Gasteiger partial charge in [0, 0.05) is 14.1 Å². The first-order valence-corrected chi connectivity index (χ1v) is 7.96. The lowest BCUT2D eigenvalue weighted by Crippen LogP contribution is -2.72. The highest BCUT2D eigenvalue weighted by molar-refractivity contribution is 7.70. The standard InChI is InChI=1S/C12H12F6N3O2P/c1-20-8-6-4-3-5-7(8)9(22)21(2)24(20,23)10(19,11(13,14)15)12(16,17)18/h3-6H,19H2,1-2H3. The molecule has 1 atom stereocenters. The van der Waals surface area contributed by atoms with Gasteiger partial charge in [0.25, 0.3) is 5.91 Å². The number of hydrogen-bond donors (Lipinski definition) is 1. The van der Waals surface area contributed by atoms with Gasteiger partial charge in [-0.05, 0) is 12.1 Å². The van der Waals surface area contributed by atoms with Crippen molar-refractivity contribution in [2.24, 2.45) is 5.73 Å². The molecule has 1 aliphatic rings. The van der Waals surface area contributed by atoms with Crippen molar-refractivity contribution in [2.45, 2.75) is 17.6 Å². The monoisotopic (exact) mass is 375 g/mol. The van der Waals surface area contributed by atoms with Crippen molar-refractivity contribution >= 4 is 19.4 Å². The van der Waals surface area contributed by atoms with E-state index in [9.17, 15) is 36.0 Å². The topological polar surface area (TPSA) is 72.6 Å². The normalized spacial score (nSPS) is 22.7. The van der Waals surface area contributed by atoms with Gasteiger partial charge in [-0.25, -0.2) is 4.67 Å². The second kappa shape index (κ2) is 5.21. The molecule has 0 radical (unpaired) electrons. The lowest BCUT2D eigenvalue weighted by Gasteiger charge is -2.54. The number of nitrogens with zero attached hydrogens (tertiary/aromatic N) is 2. The number of hydrogen-bond acceptors (Lipinski definition) is 4. The SMILES string of the molecule is CN1C(=O)c2ccccc2N(C)[P+]1([O-])C(N)(C(F)(F)F)C(F)(F)F. The molecule has 0 aliphatic carbocycles. The van der Waals surface area contributed by atoms with E-state index < -0.39 is 31.3 Å². The molecule has 0 aromatic heterocycles. The minimum atomic E-state index is -6.12. The van der Waals surface area contributed by atoms with Crippen molar-refractivity contribution in [3.05, 3.63) is 29.8 Å². The van der Waals surface area contributed by atoms with Crippen LogP contribution in [0.25, 0.3) is 0 Å². The lowest BCUT2D eigenvalue weighted by molar-refractivity contribution is -0.290. The number of carbonyl (C=O) groups is 1. The minimum Gasteiger partial charge on any atom is -0.641 e. The summed E-state index contributed by atoms with van der Waals surface area (Å²) in [5.74, 6) is -1.24. The van der Waals surface area contributed by atoms with Crippen LogP contribution in [0.1, 0.15) is 10.4 Å². The molecule has 1 heterocycles. The van der Waals surface area contributed by atoms with Gasteiger partial charge in [0.2, 0.25) is 0 Å². The average Bonchev–Trinajstić information content (AvgIpc) is 2.47. The van der Waals surface area contributed by atoms with Gasteiger partial charge in [-0.2, -0.15) is 31.0 Å². The molecular formula is C12H12F6N3O2P. The van der Waals surface area contributed by atoms with Crippen LogP contribution in [0.2, 0.25) is 0 Å². The van der Waals surface area contributed by atoms with Crippen molar-refractivity contribution < 1.29 is 36.0 Å². The van der Waals surface area contributed by atoms with Crippen LogP contribution < -0.4 is 15.3 Å². The molecule has 12 heteroatoms. The predicted octanol–water partition coefficient (Wildman–Crippen LogP) is 2.11. The van der Waals surface area contributed by atoms with Crippen LogP contribution in [0, 0.1) is 0 Å². The van der Waals surface area contributed by atoms with E-state index in [1.165, 1.54) is 18.2 Å². The molecule has 1 aromatic carbocycles. The summed E-state index contributed by atoms with van der Waals surface area (Å²) >= 11 is 0. The van der Waals surface area contributed by atoms with Crippen LogP contribution >= 0.6 is 7.79 Å². The number of rotatable bonds is 1.